The molecule has 0 saturated heterocycles. The lowest BCUT2D eigenvalue weighted by Gasteiger charge is -2.05. The van der Waals surface area contributed by atoms with Gasteiger partial charge in [0.25, 0.3) is 0 Å². The number of hydrogen-bond acceptors (Lipinski definition) is 3. The number of carbonyl (C=O) groups is 1. The number of halogens is 1. The van der Waals surface area contributed by atoms with E-state index in [0.717, 1.165) is 0 Å². The Balaban J connectivity index is 2.37. The zero-order valence-electron chi connectivity index (χ0n) is 9.09. The first kappa shape index (κ1) is 12.4. The fourth-order valence-corrected chi connectivity index (χ4v) is 1.24. The fourth-order valence-electron chi connectivity index (χ4n) is 1.24. The topological polar surface area (TPSA) is 61.4 Å². The van der Waals surface area contributed by atoms with Crippen molar-refractivity contribution in [2.24, 2.45) is 0 Å². The molecule has 0 unspecified atom stereocenters. The largest absolute Gasteiger partial charge is 0.505 e. The normalized spacial score (nSPS) is 10.1. The highest BCUT2D eigenvalue weighted by Gasteiger charge is 2.02. The Kier molecular flexibility index (Phi) is 4.72. The summed E-state index contributed by atoms with van der Waals surface area (Å²) < 4.78 is 12.9. The minimum Gasteiger partial charge on any atom is -0.505 e. The second kappa shape index (κ2) is 6.07. The van der Waals surface area contributed by atoms with Crippen LogP contribution in [0, 0.1) is 5.82 Å². The van der Waals surface area contributed by atoms with Crippen molar-refractivity contribution in [3.8, 4) is 5.75 Å². The zero-order valence-corrected chi connectivity index (χ0v) is 9.09. The third-order valence-corrected chi connectivity index (χ3v) is 2.00. The fraction of sp³-hybridized carbons (Fsp3) is 0.364. The van der Waals surface area contributed by atoms with E-state index in [9.17, 15) is 9.18 Å². The van der Waals surface area contributed by atoms with E-state index >= 15 is 0 Å². The third-order valence-electron chi connectivity index (χ3n) is 2.00. The molecule has 1 amide bonds. The molecule has 1 aromatic carbocycles. The lowest BCUT2D eigenvalue weighted by Crippen LogP contribution is -2.33. The van der Waals surface area contributed by atoms with Crippen LogP contribution in [0.1, 0.15) is 12.5 Å². The van der Waals surface area contributed by atoms with Crippen molar-refractivity contribution in [2.75, 3.05) is 13.1 Å². The number of benzene rings is 1. The van der Waals surface area contributed by atoms with Crippen LogP contribution in [0.15, 0.2) is 18.2 Å². The smallest absolute Gasteiger partial charge is 0.233 e. The van der Waals surface area contributed by atoms with Gasteiger partial charge in [-0.1, -0.05) is 6.07 Å². The summed E-state index contributed by atoms with van der Waals surface area (Å²) >= 11 is 0. The van der Waals surface area contributed by atoms with E-state index < -0.39 is 5.82 Å². The maximum Gasteiger partial charge on any atom is 0.233 e. The standard InChI is InChI=1S/C11H15FN2O2/c1-2-14-11(16)7-13-6-8-3-4-10(15)9(12)5-8/h3-5,13,15H,2,6-7H2,1H3,(H,14,16). The molecule has 5 heteroatoms. The van der Waals surface area contributed by atoms with Gasteiger partial charge >= 0.3 is 0 Å². The van der Waals surface area contributed by atoms with E-state index in [2.05, 4.69) is 10.6 Å². The van der Waals surface area contributed by atoms with Crippen LogP contribution in [0.4, 0.5) is 4.39 Å². The Hall–Kier alpha value is -1.62. The molecule has 88 valence electrons. The highest BCUT2D eigenvalue weighted by atomic mass is 19.1. The summed E-state index contributed by atoms with van der Waals surface area (Å²) in [5.41, 5.74) is 0.680. The summed E-state index contributed by atoms with van der Waals surface area (Å²) in [6, 6.07) is 4.13. The molecule has 0 aromatic heterocycles. The summed E-state index contributed by atoms with van der Waals surface area (Å²) in [7, 11) is 0. The molecule has 3 N–H and O–H groups in total. The van der Waals surface area contributed by atoms with Gasteiger partial charge in [0, 0.05) is 13.1 Å². The maximum absolute atomic E-state index is 12.9. The van der Waals surface area contributed by atoms with E-state index in [1.165, 1.54) is 12.1 Å². The molecule has 0 atom stereocenters. The van der Waals surface area contributed by atoms with Crippen LogP contribution in [0.5, 0.6) is 5.75 Å². The molecule has 0 heterocycles. The van der Waals surface area contributed by atoms with E-state index in [4.69, 9.17) is 5.11 Å². The van der Waals surface area contributed by atoms with Crippen molar-refractivity contribution in [3.63, 3.8) is 0 Å². The third kappa shape index (κ3) is 3.86. The Labute approximate surface area is 93.5 Å². The second-order valence-corrected chi connectivity index (χ2v) is 3.34. The Morgan fingerprint density at radius 1 is 1.50 bits per heavy atom. The zero-order chi connectivity index (χ0) is 12.0. The van der Waals surface area contributed by atoms with Gasteiger partial charge in [-0.05, 0) is 24.6 Å². The van der Waals surface area contributed by atoms with E-state index in [0.29, 0.717) is 18.7 Å². The number of likely N-dealkylation sites (N-methyl/N-ethyl adjacent to an activating group) is 1. The van der Waals surface area contributed by atoms with Crippen molar-refractivity contribution in [2.45, 2.75) is 13.5 Å². The summed E-state index contributed by atoms with van der Waals surface area (Å²) in [5, 5.41) is 14.5. The molecule has 0 radical (unpaired) electrons. The summed E-state index contributed by atoms with van der Waals surface area (Å²) in [5.74, 6) is -1.12. The molecule has 0 saturated carbocycles. The summed E-state index contributed by atoms with van der Waals surface area (Å²) in [6.07, 6.45) is 0. The summed E-state index contributed by atoms with van der Waals surface area (Å²) in [6.45, 7) is 3.01. The molecule has 16 heavy (non-hydrogen) atoms. The number of rotatable bonds is 5. The Morgan fingerprint density at radius 3 is 2.88 bits per heavy atom. The number of hydrogen-bond donors (Lipinski definition) is 3. The first-order valence-corrected chi connectivity index (χ1v) is 5.08. The van der Waals surface area contributed by atoms with Crippen LogP contribution >= 0.6 is 0 Å². The van der Waals surface area contributed by atoms with E-state index in [-0.39, 0.29) is 18.2 Å². The molecule has 0 spiro atoms. The average Bonchev–Trinajstić information content (AvgIpc) is 2.24. The number of aromatic hydroxyl groups is 1. The minimum absolute atomic E-state index is 0.0956. The molecule has 1 rings (SSSR count). The molecule has 0 aliphatic rings. The van der Waals surface area contributed by atoms with Crippen molar-refractivity contribution in [3.05, 3.63) is 29.6 Å². The van der Waals surface area contributed by atoms with Crippen LogP contribution in [0.25, 0.3) is 0 Å². The van der Waals surface area contributed by atoms with Gasteiger partial charge in [0.1, 0.15) is 0 Å². The Bertz CT molecular complexity index is 369. The number of phenolic OH excluding ortho intramolecular Hbond substituents is 1. The van der Waals surface area contributed by atoms with Gasteiger partial charge in [-0.3, -0.25) is 4.79 Å². The highest BCUT2D eigenvalue weighted by Crippen LogP contribution is 2.15. The SMILES string of the molecule is CCNC(=O)CNCc1ccc(O)c(F)c1. The Morgan fingerprint density at radius 2 is 2.25 bits per heavy atom. The summed E-state index contributed by atoms with van der Waals surface area (Å²) in [4.78, 5) is 11.1. The average molecular weight is 226 g/mol. The predicted octanol–water partition coefficient (Wildman–Crippen LogP) is 0.757. The minimum atomic E-state index is -0.655. The van der Waals surface area contributed by atoms with Gasteiger partial charge in [0.2, 0.25) is 5.91 Å². The van der Waals surface area contributed by atoms with Crippen LogP contribution < -0.4 is 10.6 Å². The van der Waals surface area contributed by atoms with Crippen molar-refractivity contribution in [1.82, 2.24) is 10.6 Å². The molecule has 0 aliphatic heterocycles. The number of carbonyl (C=O) groups excluding carboxylic acids is 1. The van der Waals surface area contributed by atoms with Crippen LogP contribution in [-0.4, -0.2) is 24.1 Å². The molecular weight excluding hydrogens is 211 g/mol. The van der Waals surface area contributed by atoms with Crippen LogP contribution in [-0.2, 0) is 11.3 Å². The van der Waals surface area contributed by atoms with Gasteiger partial charge in [0.15, 0.2) is 11.6 Å². The van der Waals surface area contributed by atoms with Gasteiger partial charge in [-0.25, -0.2) is 4.39 Å². The van der Waals surface area contributed by atoms with Crippen LogP contribution in [0.2, 0.25) is 0 Å². The highest BCUT2D eigenvalue weighted by molar-refractivity contribution is 5.77. The molecule has 1 aromatic rings. The molecule has 0 aliphatic carbocycles. The van der Waals surface area contributed by atoms with Crippen LogP contribution in [0.3, 0.4) is 0 Å². The number of phenols is 1. The lowest BCUT2D eigenvalue weighted by atomic mass is 10.2. The first-order chi connectivity index (χ1) is 7.63. The first-order valence-electron chi connectivity index (χ1n) is 5.08. The van der Waals surface area contributed by atoms with E-state index in [1.807, 2.05) is 6.92 Å². The monoisotopic (exact) mass is 226 g/mol. The van der Waals surface area contributed by atoms with Crippen molar-refractivity contribution < 1.29 is 14.3 Å². The maximum atomic E-state index is 12.9. The molecule has 0 bridgehead atoms. The molecular formula is C11H15FN2O2. The lowest BCUT2D eigenvalue weighted by molar-refractivity contribution is -0.120. The molecule has 0 fully saturated rings. The van der Waals surface area contributed by atoms with Crippen molar-refractivity contribution in [1.29, 1.82) is 0 Å². The van der Waals surface area contributed by atoms with Crippen molar-refractivity contribution >= 4 is 5.91 Å². The quantitative estimate of drug-likeness (QED) is 0.694. The van der Waals surface area contributed by atoms with Gasteiger partial charge in [-0.2, -0.15) is 0 Å². The predicted molar refractivity (Wildman–Crippen MR) is 58.5 cm³/mol. The second-order valence-electron chi connectivity index (χ2n) is 3.34. The van der Waals surface area contributed by atoms with E-state index in [1.54, 1.807) is 6.07 Å². The van der Waals surface area contributed by atoms with Gasteiger partial charge in [-0.15, -0.1) is 0 Å². The number of amides is 1. The number of nitrogens with one attached hydrogen (secondary N) is 2. The van der Waals surface area contributed by atoms with Gasteiger partial charge in [0.05, 0.1) is 6.54 Å². The van der Waals surface area contributed by atoms with Gasteiger partial charge < -0.3 is 15.7 Å². The molecule has 4 nitrogen and oxygen atoms in total.